The number of carbonyl (C=O) groups excluding carboxylic acids is 1. The molecule has 0 radical (unpaired) electrons. The standard InChI is InChI=1S/C24H36N6O/c1-17-5-6-21(18(2)15-17)16-29-12-9-22-26-27-23(30(22)14-13-29)19(3)25-24(31)20-7-10-28(4)11-8-20/h5-6,15,19-20H,7-14,16H2,1-4H3,(H,25,31)/t19-/m0/s1. The smallest absolute Gasteiger partial charge is 0.223 e. The Morgan fingerprint density at radius 3 is 2.65 bits per heavy atom. The van der Waals surface area contributed by atoms with E-state index in [2.05, 4.69) is 69.0 Å². The van der Waals surface area contributed by atoms with E-state index in [4.69, 9.17) is 0 Å². The molecule has 1 atom stereocenters. The highest BCUT2D eigenvalue weighted by Crippen LogP contribution is 2.21. The van der Waals surface area contributed by atoms with Gasteiger partial charge in [-0.05, 0) is 64.9 Å². The van der Waals surface area contributed by atoms with Gasteiger partial charge in [-0.2, -0.15) is 0 Å². The number of fused-ring (bicyclic) bond motifs is 1. The zero-order valence-electron chi connectivity index (χ0n) is 19.4. The van der Waals surface area contributed by atoms with Crippen LogP contribution in [0.25, 0.3) is 0 Å². The van der Waals surface area contributed by atoms with Gasteiger partial charge in [0.25, 0.3) is 0 Å². The molecule has 0 saturated carbocycles. The quantitative estimate of drug-likeness (QED) is 0.799. The van der Waals surface area contributed by atoms with Crippen LogP contribution >= 0.6 is 0 Å². The van der Waals surface area contributed by atoms with Gasteiger partial charge in [0.2, 0.25) is 5.91 Å². The van der Waals surface area contributed by atoms with Gasteiger partial charge in [-0.1, -0.05) is 23.8 Å². The molecule has 4 rings (SSSR count). The normalized spacial score (nSPS) is 19.6. The van der Waals surface area contributed by atoms with E-state index in [9.17, 15) is 4.79 Å². The monoisotopic (exact) mass is 424 g/mol. The minimum Gasteiger partial charge on any atom is -0.346 e. The summed E-state index contributed by atoms with van der Waals surface area (Å²) in [6, 6.07) is 6.58. The summed E-state index contributed by atoms with van der Waals surface area (Å²) in [5.74, 6) is 2.17. The molecule has 3 heterocycles. The predicted octanol–water partition coefficient (Wildman–Crippen LogP) is 2.47. The Balaban J connectivity index is 1.37. The van der Waals surface area contributed by atoms with Gasteiger partial charge >= 0.3 is 0 Å². The maximum absolute atomic E-state index is 12.8. The molecule has 1 fully saturated rings. The number of piperidine rings is 1. The fourth-order valence-electron chi connectivity index (χ4n) is 4.80. The van der Waals surface area contributed by atoms with E-state index in [1.165, 1.54) is 16.7 Å². The Labute approximate surface area is 185 Å². The number of amides is 1. The summed E-state index contributed by atoms with van der Waals surface area (Å²) in [7, 11) is 2.12. The zero-order chi connectivity index (χ0) is 22.0. The van der Waals surface area contributed by atoms with E-state index in [1.54, 1.807) is 0 Å². The van der Waals surface area contributed by atoms with Gasteiger partial charge in [0, 0.05) is 38.5 Å². The lowest BCUT2D eigenvalue weighted by molar-refractivity contribution is -0.127. The van der Waals surface area contributed by atoms with E-state index in [1.807, 2.05) is 6.92 Å². The van der Waals surface area contributed by atoms with Crippen molar-refractivity contribution in [2.45, 2.75) is 59.2 Å². The molecular formula is C24H36N6O. The van der Waals surface area contributed by atoms with Crippen LogP contribution in [0.3, 0.4) is 0 Å². The number of nitrogens with zero attached hydrogens (tertiary/aromatic N) is 5. The van der Waals surface area contributed by atoms with Crippen LogP contribution in [0, 0.1) is 19.8 Å². The van der Waals surface area contributed by atoms with Crippen molar-refractivity contribution in [3.63, 3.8) is 0 Å². The molecule has 168 valence electrons. The first kappa shape index (κ1) is 22.0. The number of aryl methyl sites for hydroxylation is 2. The molecule has 2 aliphatic heterocycles. The number of carbonyl (C=O) groups is 1. The van der Waals surface area contributed by atoms with Crippen LogP contribution in [0.5, 0.6) is 0 Å². The summed E-state index contributed by atoms with van der Waals surface area (Å²) in [4.78, 5) is 17.5. The molecule has 1 aromatic heterocycles. The summed E-state index contributed by atoms with van der Waals surface area (Å²) in [6.07, 6.45) is 2.74. The van der Waals surface area contributed by atoms with Crippen LogP contribution in [0.15, 0.2) is 18.2 Å². The maximum Gasteiger partial charge on any atom is 0.223 e. The molecule has 2 aromatic rings. The van der Waals surface area contributed by atoms with Crippen molar-refractivity contribution in [2.75, 3.05) is 33.2 Å². The number of hydrogen-bond donors (Lipinski definition) is 1. The summed E-state index contributed by atoms with van der Waals surface area (Å²) in [5, 5.41) is 12.1. The highest BCUT2D eigenvalue weighted by molar-refractivity contribution is 5.79. The third-order valence-corrected chi connectivity index (χ3v) is 6.87. The average Bonchev–Trinajstić information content (AvgIpc) is 3.05. The lowest BCUT2D eigenvalue weighted by Gasteiger charge is -2.29. The molecule has 7 nitrogen and oxygen atoms in total. The SMILES string of the molecule is Cc1ccc(CN2CCc3nnc([C@H](C)NC(=O)C4CCN(C)CC4)n3CC2)c(C)c1. The number of benzene rings is 1. The Morgan fingerprint density at radius 1 is 1.13 bits per heavy atom. The van der Waals surface area contributed by atoms with Crippen LogP contribution in [-0.4, -0.2) is 63.7 Å². The van der Waals surface area contributed by atoms with Crippen LogP contribution in [-0.2, 0) is 24.3 Å². The van der Waals surface area contributed by atoms with Gasteiger partial charge in [-0.15, -0.1) is 10.2 Å². The molecule has 1 saturated heterocycles. The van der Waals surface area contributed by atoms with E-state index >= 15 is 0 Å². The highest BCUT2D eigenvalue weighted by Gasteiger charge is 2.27. The fraction of sp³-hybridized carbons (Fsp3) is 0.625. The molecular weight excluding hydrogens is 388 g/mol. The second-order valence-corrected chi connectivity index (χ2v) is 9.39. The molecule has 1 N–H and O–H groups in total. The second-order valence-electron chi connectivity index (χ2n) is 9.39. The van der Waals surface area contributed by atoms with Crippen molar-refractivity contribution >= 4 is 5.91 Å². The average molecular weight is 425 g/mol. The molecule has 0 unspecified atom stereocenters. The van der Waals surface area contributed by atoms with Crippen molar-refractivity contribution in [1.82, 2.24) is 29.9 Å². The third kappa shape index (κ3) is 5.15. The largest absolute Gasteiger partial charge is 0.346 e. The summed E-state index contributed by atoms with van der Waals surface area (Å²) < 4.78 is 2.22. The van der Waals surface area contributed by atoms with Gasteiger partial charge in [0.1, 0.15) is 5.82 Å². The predicted molar refractivity (Wildman–Crippen MR) is 122 cm³/mol. The topological polar surface area (TPSA) is 66.3 Å². The number of nitrogens with one attached hydrogen (secondary N) is 1. The lowest BCUT2D eigenvalue weighted by atomic mass is 9.96. The first-order valence-corrected chi connectivity index (χ1v) is 11.6. The Hall–Kier alpha value is -2.25. The molecule has 1 amide bonds. The number of rotatable bonds is 5. The first-order valence-electron chi connectivity index (χ1n) is 11.6. The van der Waals surface area contributed by atoms with Gasteiger partial charge in [0.05, 0.1) is 6.04 Å². The van der Waals surface area contributed by atoms with Crippen molar-refractivity contribution in [2.24, 2.45) is 5.92 Å². The highest BCUT2D eigenvalue weighted by atomic mass is 16.2. The van der Waals surface area contributed by atoms with Crippen LogP contribution in [0.1, 0.15) is 54.1 Å². The Morgan fingerprint density at radius 2 is 1.90 bits per heavy atom. The van der Waals surface area contributed by atoms with Crippen LogP contribution in [0.4, 0.5) is 0 Å². The van der Waals surface area contributed by atoms with Crippen LogP contribution < -0.4 is 5.32 Å². The minimum absolute atomic E-state index is 0.110. The Bertz CT molecular complexity index is 915. The van der Waals surface area contributed by atoms with Gasteiger partial charge < -0.3 is 14.8 Å². The first-order chi connectivity index (χ1) is 14.9. The minimum atomic E-state index is -0.126. The van der Waals surface area contributed by atoms with Gasteiger partial charge in [-0.25, -0.2) is 0 Å². The fourth-order valence-corrected chi connectivity index (χ4v) is 4.80. The van der Waals surface area contributed by atoms with E-state index in [0.29, 0.717) is 0 Å². The molecule has 2 aliphatic rings. The van der Waals surface area contributed by atoms with E-state index < -0.39 is 0 Å². The summed E-state index contributed by atoms with van der Waals surface area (Å²) in [5.41, 5.74) is 4.06. The van der Waals surface area contributed by atoms with Crippen molar-refractivity contribution in [3.8, 4) is 0 Å². The lowest BCUT2D eigenvalue weighted by Crippen LogP contribution is -2.40. The third-order valence-electron chi connectivity index (χ3n) is 6.87. The molecule has 0 bridgehead atoms. The molecule has 31 heavy (non-hydrogen) atoms. The van der Waals surface area contributed by atoms with Crippen molar-refractivity contribution in [3.05, 3.63) is 46.5 Å². The second kappa shape index (κ2) is 9.49. The van der Waals surface area contributed by atoms with E-state index in [-0.39, 0.29) is 17.9 Å². The Kier molecular flexibility index (Phi) is 6.72. The van der Waals surface area contributed by atoms with Gasteiger partial charge in [-0.3, -0.25) is 9.69 Å². The summed E-state index contributed by atoms with van der Waals surface area (Å²) in [6.45, 7) is 12.1. The van der Waals surface area contributed by atoms with Crippen molar-refractivity contribution < 1.29 is 4.79 Å². The van der Waals surface area contributed by atoms with Crippen molar-refractivity contribution in [1.29, 1.82) is 0 Å². The number of hydrogen-bond acceptors (Lipinski definition) is 5. The number of aromatic nitrogens is 3. The molecule has 0 aliphatic carbocycles. The summed E-state index contributed by atoms with van der Waals surface area (Å²) >= 11 is 0. The van der Waals surface area contributed by atoms with Crippen LogP contribution in [0.2, 0.25) is 0 Å². The van der Waals surface area contributed by atoms with Gasteiger partial charge in [0.15, 0.2) is 5.82 Å². The number of likely N-dealkylation sites (tertiary alicyclic amines) is 1. The van der Waals surface area contributed by atoms with E-state index in [0.717, 1.165) is 70.2 Å². The maximum atomic E-state index is 12.8. The molecule has 7 heteroatoms. The molecule has 1 aromatic carbocycles. The zero-order valence-corrected chi connectivity index (χ0v) is 19.4. The molecule has 0 spiro atoms.